The highest BCUT2D eigenvalue weighted by Crippen LogP contribution is 2.32. The van der Waals surface area contributed by atoms with Crippen molar-refractivity contribution in [2.75, 3.05) is 25.9 Å². The second-order valence-corrected chi connectivity index (χ2v) is 12.3. The highest BCUT2D eigenvalue weighted by atomic mass is 35.5. The molecular formula is C27H30ClN3O2S2. The van der Waals surface area contributed by atoms with Gasteiger partial charge in [-0.1, -0.05) is 48.7 Å². The van der Waals surface area contributed by atoms with Crippen molar-refractivity contribution in [3.8, 4) is 10.4 Å². The Morgan fingerprint density at radius 1 is 1.06 bits per heavy atom. The third-order valence-corrected chi connectivity index (χ3v) is 8.51. The molecule has 0 saturated carbocycles. The van der Waals surface area contributed by atoms with Gasteiger partial charge in [0.05, 0.1) is 26.2 Å². The Morgan fingerprint density at radius 3 is 2.51 bits per heavy atom. The molecule has 2 N–H and O–H groups in total. The Hall–Kier alpha value is -2.45. The molecule has 4 rings (SSSR count). The molecule has 3 aromatic rings. The average molecular weight is 528 g/mol. The minimum Gasteiger partial charge on any atom is -0.401 e. The van der Waals surface area contributed by atoms with Gasteiger partial charge in [0.2, 0.25) is 0 Å². The maximum absolute atomic E-state index is 12.0. The topological polar surface area (TPSA) is 75.8 Å². The minimum atomic E-state index is -3.29. The molecular weight excluding hydrogens is 498 g/mol. The number of benzene rings is 2. The van der Waals surface area contributed by atoms with Gasteiger partial charge in [0.25, 0.3) is 0 Å². The summed E-state index contributed by atoms with van der Waals surface area (Å²) < 4.78 is 24.0. The number of sulfone groups is 1. The molecule has 1 saturated heterocycles. The normalized spacial score (nSPS) is 16.3. The summed E-state index contributed by atoms with van der Waals surface area (Å²) in [4.78, 5) is 9.46. The number of thiophene rings is 1. The van der Waals surface area contributed by atoms with Crippen LogP contribution in [0.25, 0.3) is 10.4 Å². The van der Waals surface area contributed by atoms with Crippen LogP contribution in [0.2, 0.25) is 5.02 Å². The van der Waals surface area contributed by atoms with Crippen LogP contribution in [0.1, 0.15) is 30.6 Å². The number of rotatable bonds is 7. The zero-order valence-corrected chi connectivity index (χ0v) is 22.2. The fourth-order valence-electron chi connectivity index (χ4n) is 4.12. The summed E-state index contributed by atoms with van der Waals surface area (Å²) in [6.45, 7) is 2.83. The van der Waals surface area contributed by atoms with Gasteiger partial charge in [-0.15, -0.1) is 11.3 Å². The molecule has 0 radical (unpaired) electrons. The van der Waals surface area contributed by atoms with E-state index in [4.69, 9.17) is 22.3 Å². The van der Waals surface area contributed by atoms with Crippen LogP contribution >= 0.6 is 22.9 Å². The highest BCUT2D eigenvalue weighted by Gasteiger charge is 2.14. The van der Waals surface area contributed by atoms with Crippen LogP contribution in [0.3, 0.4) is 0 Å². The standard InChI is InChI=1S/C27H30ClN3O2S2/c1-35(32,33)22-10-8-9-20(17-22)26-13-14-27(34-26)25(30-24-12-5-4-11-23(24)28)18-21(29)19-31-15-6-2-3-7-16-31/h4-5,8-14,17-18H,2-3,6-7,15-16,19,29H2,1H3/b21-18-,30-25?. The molecule has 1 fully saturated rings. The average Bonchev–Trinajstić information content (AvgIpc) is 3.18. The van der Waals surface area contributed by atoms with Crippen LogP contribution < -0.4 is 5.73 Å². The number of hydrogen-bond donors (Lipinski definition) is 1. The number of likely N-dealkylation sites (tertiary alicyclic amines) is 1. The molecule has 2 aromatic carbocycles. The summed E-state index contributed by atoms with van der Waals surface area (Å²) in [5.41, 5.74) is 9.54. The van der Waals surface area contributed by atoms with Crippen LogP contribution in [0.15, 0.2) is 82.3 Å². The summed E-state index contributed by atoms with van der Waals surface area (Å²) in [5.74, 6) is 0. The van der Waals surface area contributed by atoms with Gasteiger partial charge in [-0.3, -0.25) is 4.90 Å². The van der Waals surface area contributed by atoms with E-state index in [1.165, 1.54) is 31.9 Å². The number of para-hydroxylation sites is 1. The van der Waals surface area contributed by atoms with E-state index in [2.05, 4.69) is 4.90 Å². The van der Waals surface area contributed by atoms with Crippen molar-refractivity contribution in [3.63, 3.8) is 0 Å². The van der Waals surface area contributed by atoms with E-state index >= 15 is 0 Å². The third-order valence-electron chi connectivity index (χ3n) is 5.93. The lowest BCUT2D eigenvalue weighted by Gasteiger charge is -2.19. The summed E-state index contributed by atoms with van der Waals surface area (Å²) >= 11 is 7.95. The van der Waals surface area contributed by atoms with Gasteiger partial charge in [-0.2, -0.15) is 0 Å². The monoisotopic (exact) mass is 527 g/mol. The largest absolute Gasteiger partial charge is 0.401 e. The molecule has 8 heteroatoms. The Bertz CT molecular complexity index is 1340. The van der Waals surface area contributed by atoms with Crippen LogP contribution in [-0.2, 0) is 9.84 Å². The van der Waals surface area contributed by atoms with Crippen molar-refractivity contribution < 1.29 is 8.42 Å². The lowest BCUT2D eigenvalue weighted by molar-refractivity contribution is 0.308. The summed E-state index contributed by atoms with van der Waals surface area (Å²) in [7, 11) is -3.29. The van der Waals surface area contributed by atoms with E-state index in [-0.39, 0.29) is 0 Å². The lowest BCUT2D eigenvalue weighted by atomic mass is 10.2. The molecule has 1 aliphatic heterocycles. The first kappa shape index (κ1) is 25.6. The first-order valence-electron chi connectivity index (χ1n) is 11.7. The number of halogens is 1. The van der Waals surface area contributed by atoms with E-state index in [0.29, 0.717) is 22.2 Å². The van der Waals surface area contributed by atoms with E-state index < -0.39 is 9.84 Å². The Morgan fingerprint density at radius 2 is 1.80 bits per heavy atom. The number of nitrogens with two attached hydrogens (primary N) is 1. The minimum absolute atomic E-state index is 0.302. The van der Waals surface area contributed by atoms with Crippen molar-refractivity contribution in [2.24, 2.45) is 10.7 Å². The van der Waals surface area contributed by atoms with Crippen LogP contribution in [0.5, 0.6) is 0 Å². The molecule has 184 valence electrons. The quantitative estimate of drug-likeness (QED) is 0.365. The van der Waals surface area contributed by atoms with Crippen molar-refractivity contribution in [3.05, 3.63) is 82.3 Å². The second-order valence-electron chi connectivity index (χ2n) is 8.82. The van der Waals surface area contributed by atoms with Gasteiger partial charge in [-0.25, -0.2) is 13.4 Å². The molecule has 0 amide bonds. The Labute approximate surface area is 216 Å². The van der Waals surface area contributed by atoms with Gasteiger partial charge in [0, 0.05) is 23.4 Å². The fourth-order valence-corrected chi connectivity index (χ4v) is 5.92. The number of nitrogens with zero attached hydrogens (tertiary/aromatic N) is 2. The summed E-state index contributed by atoms with van der Waals surface area (Å²) in [5, 5.41) is 0.571. The first-order chi connectivity index (χ1) is 16.8. The Balaban J connectivity index is 1.68. The van der Waals surface area contributed by atoms with E-state index in [1.807, 2.05) is 48.5 Å². The van der Waals surface area contributed by atoms with E-state index in [1.54, 1.807) is 29.5 Å². The second kappa shape index (κ2) is 11.5. The molecule has 0 atom stereocenters. The smallest absolute Gasteiger partial charge is 0.175 e. The van der Waals surface area contributed by atoms with Gasteiger partial charge < -0.3 is 5.73 Å². The van der Waals surface area contributed by atoms with Crippen LogP contribution in [0, 0.1) is 0 Å². The van der Waals surface area contributed by atoms with Crippen LogP contribution in [-0.4, -0.2) is 44.9 Å². The molecule has 0 aliphatic carbocycles. The molecule has 1 aliphatic rings. The predicted molar refractivity (Wildman–Crippen MR) is 148 cm³/mol. The summed E-state index contributed by atoms with van der Waals surface area (Å²) in [6, 6.07) is 18.5. The zero-order valence-electron chi connectivity index (χ0n) is 19.8. The molecule has 5 nitrogen and oxygen atoms in total. The SMILES string of the molecule is CS(=O)(=O)c1cccc(-c2ccc(C(/C=C(\N)CN3CCCCCC3)=Nc3ccccc3Cl)s2)c1. The molecule has 2 heterocycles. The molecule has 35 heavy (non-hydrogen) atoms. The maximum Gasteiger partial charge on any atom is 0.175 e. The van der Waals surface area contributed by atoms with Crippen molar-refractivity contribution in [1.29, 1.82) is 0 Å². The first-order valence-corrected chi connectivity index (χ1v) is 14.8. The summed E-state index contributed by atoms with van der Waals surface area (Å²) in [6.07, 6.45) is 8.12. The van der Waals surface area contributed by atoms with Crippen LogP contribution in [0.4, 0.5) is 5.69 Å². The van der Waals surface area contributed by atoms with E-state index in [9.17, 15) is 8.42 Å². The highest BCUT2D eigenvalue weighted by molar-refractivity contribution is 7.90. The van der Waals surface area contributed by atoms with Crippen molar-refractivity contribution in [2.45, 2.75) is 30.6 Å². The van der Waals surface area contributed by atoms with Crippen molar-refractivity contribution >= 4 is 44.2 Å². The molecule has 1 aromatic heterocycles. The molecule has 0 bridgehead atoms. The Kier molecular flexibility index (Phi) is 8.44. The lowest BCUT2D eigenvalue weighted by Crippen LogP contribution is -2.29. The molecule has 0 unspecified atom stereocenters. The van der Waals surface area contributed by atoms with Crippen molar-refractivity contribution in [1.82, 2.24) is 4.90 Å². The number of allylic oxidation sites excluding steroid dienone is 1. The van der Waals surface area contributed by atoms with Gasteiger partial charge in [0.15, 0.2) is 9.84 Å². The van der Waals surface area contributed by atoms with Gasteiger partial charge in [-0.05, 0) is 74.0 Å². The zero-order chi connectivity index (χ0) is 24.8. The molecule has 0 spiro atoms. The third kappa shape index (κ3) is 7.04. The van der Waals surface area contributed by atoms with Gasteiger partial charge in [0.1, 0.15) is 0 Å². The van der Waals surface area contributed by atoms with E-state index in [0.717, 1.165) is 39.8 Å². The predicted octanol–water partition coefficient (Wildman–Crippen LogP) is 6.31. The van der Waals surface area contributed by atoms with Gasteiger partial charge >= 0.3 is 0 Å². The maximum atomic E-state index is 12.0. The number of aliphatic imine (C=N–C) groups is 1. The fraction of sp³-hybridized carbons (Fsp3) is 0.296. The number of hydrogen-bond acceptors (Lipinski definition) is 6.